The summed E-state index contributed by atoms with van der Waals surface area (Å²) in [5, 5.41) is 21.1. The highest BCUT2D eigenvalue weighted by atomic mass is 32.2. The molecule has 0 saturated heterocycles. The van der Waals surface area contributed by atoms with E-state index in [2.05, 4.69) is 20.3 Å². The lowest BCUT2D eigenvalue weighted by Gasteiger charge is -2.21. The molecule has 0 fully saturated rings. The molecule has 2 rings (SSSR count). The Labute approximate surface area is 144 Å². The minimum absolute atomic E-state index is 0.120. The van der Waals surface area contributed by atoms with E-state index in [9.17, 15) is 8.42 Å². The van der Waals surface area contributed by atoms with Gasteiger partial charge in [-0.15, -0.1) is 0 Å². The fourth-order valence-electron chi connectivity index (χ4n) is 2.06. The summed E-state index contributed by atoms with van der Waals surface area (Å²) < 4.78 is 31.1. The summed E-state index contributed by atoms with van der Waals surface area (Å²) in [4.78, 5) is 14.0. The molecule has 0 saturated carbocycles. The molecule has 136 valence electrons. The molecule has 1 heterocycles. The van der Waals surface area contributed by atoms with Gasteiger partial charge in [-0.25, -0.2) is 0 Å². The van der Waals surface area contributed by atoms with Gasteiger partial charge in [-0.3, -0.25) is 4.55 Å². The van der Waals surface area contributed by atoms with Crippen molar-refractivity contribution in [3.05, 3.63) is 30.1 Å². The highest BCUT2D eigenvalue weighted by Crippen LogP contribution is 2.18. The van der Waals surface area contributed by atoms with Crippen molar-refractivity contribution in [2.75, 3.05) is 36.5 Å². The number of benzene rings is 1. The number of aliphatic hydroxyl groups excluding tert-OH is 2. The van der Waals surface area contributed by atoms with Gasteiger partial charge in [-0.05, 0) is 31.2 Å². The molecular weight excluding hydrogens is 350 g/mol. The van der Waals surface area contributed by atoms with Gasteiger partial charge in [0.25, 0.3) is 10.1 Å². The molecule has 1 aromatic heterocycles. The van der Waals surface area contributed by atoms with Gasteiger partial charge < -0.3 is 20.4 Å². The van der Waals surface area contributed by atoms with Crippen LogP contribution in [0.5, 0.6) is 0 Å². The Morgan fingerprint density at radius 3 is 2.16 bits per heavy atom. The third-order valence-corrected chi connectivity index (χ3v) is 4.03. The summed E-state index contributed by atoms with van der Waals surface area (Å²) in [7, 11) is -4.25. The predicted molar refractivity (Wildman–Crippen MR) is 90.5 cm³/mol. The second-order valence-corrected chi connectivity index (χ2v) is 6.49. The zero-order valence-electron chi connectivity index (χ0n) is 13.5. The van der Waals surface area contributed by atoms with Crippen molar-refractivity contribution in [1.82, 2.24) is 15.0 Å². The molecule has 0 radical (unpaired) electrons. The molecule has 0 spiro atoms. The number of anilines is 3. The Hall–Kier alpha value is -2.34. The average Bonchev–Trinajstić information content (AvgIpc) is 2.54. The van der Waals surface area contributed by atoms with Crippen molar-refractivity contribution in [1.29, 1.82) is 0 Å². The number of nitrogens with zero attached hydrogens (tertiary/aromatic N) is 4. The standard InChI is InChI=1S/C14H19N5O5S/c1-10-15-13(18-14(16-10)19(6-8-20)7-9-21)17-11-2-4-12(5-3-11)25(22,23)24/h2-5,20-21H,6-9H2,1H3,(H,22,23,24)(H,15,16,17,18). The molecule has 0 atom stereocenters. The fourth-order valence-corrected chi connectivity index (χ4v) is 2.54. The van der Waals surface area contributed by atoms with E-state index in [1.54, 1.807) is 11.8 Å². The Morgan fingerprint density at radius 2 is 1.64 bits per heavy atom. The molecule has 4 N–H and O–H groups in total. The zero-order valence-corrected chi connectivity index (χ0v) is 14.3. The lowest BCUT2D eigenvalue weighted by molar-refractivity contribution is 0.280. The molecule has 2 aromatic rings. The van der Waals surface area contributed by atoms with Gasteiger partial charge >= 0.3 is 0 Å². The highest BCUT2D eigenvalue weighted by Gasteiger charge is 2.13. The lowest BCUT2D eigenvalue weighted by Crippen LogP contribution is -2.31. The third-order valence-electron chi connectivity index (χ3n) is 3.17. The van der Waals surface area contributed by atoms with Crippen molar-refractivity contribution in [2.45, 2.75) is 11.8 Å². The van der Waals surface area contributed by atoms with Crippen molar-refractivity contribution in [3.63, 3.8) is 0 Å². The van der Waals surface area contributed by atoms with E-state index in [4.69, 9.17) is 14.8 Å². The maximum atomic E-state index is 11.0. The van der Waals surface area contributed by atoms with Gasteiger partial charge in [0.05, 0.1) is 18.1 Å². The number of nitrogens with one attached hydrogen (secondary N) is 1. The molecule has 0 bridgehead atoms. The molecular formula is C14H19N5O5S. The van der Waals surface area contributed by atoms with Crippen LogP contribution < -0.4 is 10.2 Å². The molecule has 1 aromatic carbocycles. The fraction of sp³-hybridized carbons (Fsp3) is 0.357. The van der Waals surface area contributed by atoms with Gasteiger partial charge in [0.1, 0.15) is 5.82 Å². The van der Waals surface area contributed by atoms with Crippen LogP contribution in [0.4, 0.5) is 17.6 Å². The normalized spacial score (nSPS) is 11.4. The summed E-state index contributed by atoms with van der Waals surface area (Å²) in [5.74, 6) is 0.957. The van der Waals surface area contributed by atoms with E-state index < -0.39 is 10.1 Å². The van der Waals surface area contributed by atoms with Gasteiger partial charge in [0, 0.05) is 18.8 Å². The van der Waals surface area contributed by atoms with Crippen molar-refractivity contribution in [2.24, 2.45) is 0 Å². The quantitative estimate of drug-likeness (QED) is 0.467. The van der Waals surface area contributed by atoms with E-state index >= 15 is 0 Å². The lowest BCUT2D eigenvalue weighted by atomic mass is 10.3. The number of hydrogen-bond acceptors (Lipinski definition) is 9. The number of hydrogen-bond donors (Lipinski definition) is 4. The predicted octanol–water partition coefficient (Wildman–Crippen LogP) is -0.0387. The van der Waals surface area contributed by atoms with E-state index in [1.807, 2.05) is 0 Å². The topological polar surface area (TPSA) is 149 Å². The van der Waals surface area contributed by atoms with Crippen LogP contribution in [0.15, 0.2) is 29.2 Å². The third kappa shape index (κ3) is 5.32. The number of aliphatic hydroxyl groups is 2. The van der Waals surface area contributed by atoms with Gasteiger partial charge in [0.15, 0.2) is 0 Å². The molecule has 25 heavy (non-hydrogen) atoms. The average molecular weight is 369 g/mol. The van der Waals surface area contributed by atoms with Crippen molar-refractivity contribution in [3.8, 4) is 0 Å². The smallest absolute Gasteiger partial charge is 0.294 e. The minimum atomic E-state index is -4.25. The maximum Gasteiger partial charge on any atom is 0.294 e. The number of aromatic nitrogens is 3. The van der Waals surface area contributed by atoms with Gasteiger partial charge in [0.2, 0.25) is 11.9 Å². The molecule has 11 heteroatoms. The summed E-state index contributed by atoms with van der Waals surface area (Å²) in [5.41, 5.74) is 0.514. The molecule has 0 aliphatic heterocycles. The number of aryl methyl sites for hydroxylation is 1. The van der Waals surface area contributed by atoms with Crippen LogP contribution in [-0.2, 0) is 10.1 Å². The first-order valence-corrected chi connectivity index (χ1v) is 8.81. The molecule has 0 unspecified atom stereocenters. The maximum absolute atomic E-state index is 11.0. The Bertz CT molecular complexity index is 807. The van der Waals surface area contributed by atoms with Crippen molar-refractivity contribution >= 4 is 27.7 Å². The van der Waals surface area contributed by atoms with Crippen LogP contribution in [-0.4, -0.2) is 64.4 Å². The first-order chi connectivity index (χ1) is 11.8. The molecule has 0 aliphatic carbocycles. The molecule has 0 amide bonds. The minimum Gasteiger partial charge on any atom is -0.395 e. The second kappa shape index (κ2) is 8.16. The first kappa shape index (κ1) is 19.0. The van der Waals surface area contributed by atoms with Crippen LogP contribution in [0.3, 0.4) is 0 Å². The summed E-state index contributed by atoms with van der Waals surface area (Å²) in [6.45, 7) is 1.95. The monoisotopic (exact) mass is 369 g/mol. The van der Waals surface area contributed by atoms with E-state index in [1.165, 1.54) is 24.3 Å². The van der Waals surface area contributed by atoms with Crippen LogP contribution >= 0.6 is 0 Å². The Kier molecular flexibility index (Phi) is 6.20. The summed E-state index contributed by atoms with van der Waals surface area (Å²) >= 11 is 0. The van der Waals surface area contributed by atoms with Crippen molar-refractivity contribution < 1.29 is 23.2 Å². The molecule has 0 aliphatic rings. The Morgan fingerprint density at radius 1 is 1.04 bits per heavy atom. The highest BCUT2D eigenvalue weighted by molar-refractivity contribution is 7.85. The SMILES string of the molecule is Cc1nc(Nc2ccc(S(=O)(=O)O)cc2)nc(N(CCO)CCO)n1. The van der Waals surface area contributed by atoms with Crippen LogP contribution in [0.25, 0.3) is 0 Å². The summed E-state index contributed by atoms with van der Waals surface area (Å²) in [6, 6.07) is 5.41. The van der Waals surface area contributed by atoms with Gasteiger partial charge in [-0.2, -0.15) is 23.4 Å². The van der Waals surface area contributed by atoms with Crippen LogP contribution in [0, 0.1) is 6.92 Å². The molecule has 10 nitrogen and oxygen atoms in total. The van der Waals surface area contributed by atoms with Crippen LogP contribution in [0.1, 0.15) is 5.82 Å². The largest absolute Gasteiger partial charge is 0.395 e. The zero-order chi connectivity index (χ0) is 18.4. The summed E-state index contributed by atoms with van der Waals surface area (Å²) in [6.07, 6.45) is 0. The van der Waals surface area contributed by atoms with E-state index in [0.29, 0.717) is 17.5 Å². The second-order valence-electron chi connectivity index (χ2n) is 5.06. The van der Waals surface area contributed by atoms with Crippen LogP contribution in [0.2, 0.25) is 0 Å². The number of rotatable bonds is 8. The Balaban J connectivity index is 2.24. The van der Waals surface area contributed by atoms with E-state index in [0.717, 1.165) is 0 Å². The van der Waals surface area contributed by atoms with E-state index in [-0.39, 0.29) is 37.1 Å². The first-order valence-electron chi connectivity index (χ1n) is 7.37. The van der Waals surface area contributed by atoms with Gasteiger partial charge in [-0.1, -0.05) is 0 Å².